The smallest absolute Gasteiger partial charge is 0.0590 e. The highest BCUT2D eigenvalue weighted by atomic mass is 16.3. The lowest BCUT2D eigenvalue weighted by atomic mass is 9.97. The average Bonchev–Trinajstić information content (AvgIpc) is 2.12. The van der Waals surface area contributed by atoms with Crippen LogP contribution in [0.2, 0.25) is 0 Å². The van der Waals surface area contributed by atoms with Gasteiger partial charge in [-0.25, -0.2) is 0 Å². The van der Waals surface area contributed by atoms with Gasteiger partial charge < -0.3 is 10.0 Å². The number of rotatable bonds is 3. The van der Waals surface area contributed by atoms with Gasteiger partial charge in [-0.05, 0) is 17.9 Å². The van der Waals surface area contributed by atoms with Gasteiger partial charge in [0.1, 0.15) is 0 Å². The Hall–Kier alpha value is -0.770. The van der Waals surface area contributed by atoms with Crippen LogP contribution in [0.5, 0.6) is 0 Å². The van der Waals surface area contributed by atoms with Crippen molar-refractivity contribution in [2.45, 2.75) is 19.4 Å². The molecule has 1 N–H and O–H groups in total. The molecule has 0 radical (unpaired) electrons. The van der Waals surface area contributed by atoms with Gasteiger partial charge in [0.15, 0.2) is 0 Å². The average molecular weight is 184 g/mol. The van der Waals surface area contributed by atoms with Crippen LogP contribution >= 0.6 is 0 Å². The molecule has 1 fully saturated rings. The summed E-state index contributed by atoms with van der Waals surface area (Å²) >= 11 is 0. The normalized spacial score (nSPS) is 29.7. The minimum absolute atomic E-state index is 0.157. The van der Waals surface area contributed by atoms with E-state index in [9.17, 15) is 5.11 Å². The summed E-state index contributed by atoms with van der Waals surface area (Å²) in [5.41, 5.74) is 8.09. The van der Waals surface area contributed by atoms with Crippen molar-refractivity contribution in [2.24, 2.45) is 11.0 Å². The molecule has 13 heavy (non-hydrogen) atoms. The molecule has 0 aromatic carbocycles. The molecule has 1 aliphatic heterocycles. The Kier molecular flexibility index (Phi) is 4.02. The largest absolute Gasteiger partial charge is 0.393 e. The van der Waals surface area contributed by atoms with E-state index in [0.29, 0.717) is 12.5 Å². The first kappa shape index (κ1) is 10.3. The fourth-order valence-corrected chi connectivity index (χ4v) is 1.65. The van der Waals surface area contributed by atoms with Crippen LogP contribution in [0.1, 0.15) is 13.3 Å². The number of hydrogen-bond acceptors (Lipinski definition) is 3. The minimum atomic E-state index is -0.157. The fraction of sp³-hybridized carbons (Fsp3) is 1.00. The van der Waals surface area contributed by atoms with E-state index in [0.717, 1.165) is 26.1 Å². The molecule has 0 aliphatic carbocycles. The summed E-state index contributed by atoms with van der Waals surface area (Å²) < 4.78 is 0. The molecule has 2 unspecified atom stereocenters. The third kappa shape index (κ3) is 3.22. The van der Waals surface area contributed by atoms with Gasteiger partial charge in [0, 0.05) is 31.1 Å². The maximum Gasteiger partial charge on any atom is 0.0590 e. The van der Waals surface area contributed by atoms with Crippen molar-refractivity contribution in [2.75, 3.05) is 26.2 Å². The molecule has 0 spiro atoms. The molecule has 1 aliphatic rings. The lowest BCUT2D eigenvalue weighted by molar-refractivity contribution is 0.0364. The summed E-state index contributed by atoms with van der Waals surface area (Å²) in [6.07, 6.45) is 0.674. The highest BCUT2D eigenvalue weighted by molar-refractivity contribution is 4.77. The zero-order chi connectivity index (χ0) is 9.68. The summed E-state index contributed by atoms with van der Waals surface area (Å²) in [7, 11) is 0. The van der Waals surface area contributed by atoms with Crippen LogP contribution in [0.3, 0.4) is 0 Å². The van der Waals surface area contributed by atoms with Crippen LogP contribution in [0.25, 0.3) is 10.4 Å². The maximum absolute atomic E-state index is 9.46. The van der Waals surface area contributed by atoms with E-state index in [4.69, 9.17) is 5.53 Å². The molecule has 2 atom stereocenters. The Morgan fingerprint density at radius 1 is 1.69 bits per heavy atom. The molecular formula is C8H16N4O. The molecule has 0 aromatic rings. The van der Waals surface area contributed by atoms with Gasteiger partial charge in [-0.15, -0.1) is 0 Å². The van der Waals surface area contributed by atoms with E-state index in [-0.39, 0.29) is 6.10 Å². The van der Waals surface area contributed by atoms with Gasteiger partial charge in [-0.1, -0.05) is 12.0 Å². The predicted octanol–water partition coefficient (Wildman–Crippen LogP) is 0.999. The molecule has 1 heterocycles. The van der Waals surface area contributed by atoms with Crippen molar-refractivity contribution < 1.29 is 5.11 Å². The van der Waals surface area contributed by atoms with Gasteiger partial charge in [0.25, 0.3) is 0 Å². The van der Waals surface area contributed by atoms with E-state index in [1.54, 1.807) is 0 Å². The zero-order valence-electron chi connectivity index (χ0n) is 7.93. The molecule has 0 amide bonds. The second kappa shape index (κ2) is 5.07. The highest BCUT2D eigenvalue weighted by Crippen LogP contribution is 2.15. The zero-order valence-corrected chi connectivity index (χ0v) is 7.93. The van der Waals surface area contributed by atoms with Crippen molar-refractivity contribution in [3.8, 4) is 0 Å². The van der Waals surface area contributed by atoms with Crippen molar-refractivity contribution >= 4 is 0 Å². The summed E-state index contributed by atoms with van der Waals surface area (Å²) in [5.74, 6) is 0.333. The molecule has 0 bridgehead atoms. The molecule has 1 rings (SSSR count). The van der Waals surface area contributed by atoms with Crippen molar-refractivity contribution in [1.82, 2.24) is 4.90 Å². The van der Waals surface area contributed by atoms with Gasteiger partial charge in [0.2, 0.25) is 0 Å². The van der Waals surface area contributed by atoms with Gasteiger partial charge in [-0.3, -0.25) is 0 Å². The Morgan fingerprint density at radius 3 is 3.08 bits per heavy atom. The Balaban J connectivity index is 2.25. The Morgan fingerprint density at radius 2 is 2.46 bits per heavy atom. The Bertz CT molecular complexity index is 202. The van der Waals surface area contributed by atoms with Crippen LogP contribution < -0.4 is 0 Å². The van der Waals surface area contributed by atoms with E-state index in [1.165, 1.54) is 0 Å². The topological polar surface area (TPSA) is 72.2 Å². The lowest BCUT2D eigenvalue weighted by Crippen LogP contribution is -2.42. The van der Waals surface area contributed by atoms with Crippen LogP contribution in [0.4, 0.5) is 0 Å². The lowest BCUT2D eigenvalue weighted by Gasteiger charge is -2.33. The third-order valence-corrected chi connectivity index (χ3v) is 2.52. The number of likely N-dealkylation sites (tertiary alicyclic amines) is 1. The van der Waals surface area contributed by atoms with E-state index in [1.807, 2.05) is 6.92 Å². The predicted molar refractivity (Wildman–Crippen MR) is 50.2 cm³/mol. The van der Waals surface area contributed by atoms with Gasteiger partial charge in [-0.2, -0.15) is 0 Å². The molecule has 5 nitrogen and oxygen atoms in total. The molecule has 0 aromatic heterocycles. The van der Waals surface area contributed by atoms with E-state index in [2.05, 4.69) is 14.9 Å². The quantitative estimate of drug-likeness (QED) is 0.403. The van der Waals surface area contributed by atoms with Crippen LogP contribution in [0, 0.1) is 5.92 Å². The third-order valence-electron chi connectivity index (χ3n) is 2.52. The number of aliphatic hydroxyl groups excluding tert-OH is 1. The maximum atomic E-state index is 9.46. The first-order valence-corrected chi connectivity index (χ1v) is 4.65. The first-order valence-electron chi connectivity index (χ1n) is 4.65. The van der Waals surface area contributed by atoms with Gasteiger partial charge in [0.05, 0.1) is 6.10 Å². The van der Waals surface area contributed by atoms with Crippen LogP contribution in [-0.2, 0) is 0 Å². The first-order chi connectivity index (χ1) is 6.24. The number of hydrogen-bond donors (Lipinski definition) is 1. The molecular weight excluding hydrogens is 168 g/mol. The summed E-state index contributed by atoms with van der Waals surface area (Å²) in [4.78, 5) is 4.93. The van der Waals surface area contributed by atoms with Crippen molar-refractivity contribution in [3.63, 3.8) is 0 Å². The number of aliphatic hydroxyl groups is 1. The van der Waals surface area contributed by atoms with Crippen molar-refractivity contribution in [3.05, 3.63) is 10.4 Å². The number of nitrogens with zero attached hydrogens (tertiary/aromatic N) is 4. The fourth-order valence-electron chi connectivity index (χ4n) is 1.65. The van der Waals surface area contributed by atoms with Crippen LogP contribution in [0.15, 0.2) is 5.11 Å². The highest BCUT2D eigenvalue weighted by Gasteiger charge is 2.23. The van der Waals surface area contributed by atoms with Crippen LogP contribution in [-0.4, -0.2) is 42.3 Å². The minimum Gasteiger partial charge on any atom is -0.393 e. The molecule has 1 saturated heterocycles. The molecule has 5 heteroatoms. The number of azide groups is 1. The summed E-state index contributed by atoms with van der Waals surface area (Å²) in [5, 5.41) is 12.9. The van der Waals surface area contributed by atoms with Crippen molar-refractivity contribution in [1.29, 1.82) is 0 Å². The summed E-state index contributed by atoms with van der Waals surface area (Å²) in [6.45, 7) is 5.19. The van der Waals surface area contributed by atoms with Gasteiger partial charge >= 0.3 is 0 Å². The molecule has 74 valence electrons. The molecule has 0 saturated carbocycles. The second-order valence-electron chi connectivity index (χ2n) is 3.59. The second-order valence-corrected chi connectivity index (χ2v) is 3.59. The Labute approximate surface area is 78.0 Å². The number of piperidine rings is 1. The standard InChI is InChI=1S/C8H16N4O/c1-7-6-12(4-2-8(7)13)5-3-10-11-9/h7-8,13H,2-6H2,1H3. The SMILES string of the molecule is CC1CN(CCN=[N+]=[N-])CCC1O. The van der Waals surface area contributed by atoms with E-state index >= 15 is 0 Å². The monoisotopic (exact) mass is 184 g/mol. The van der Waals surface area contributed by atoms with E-state index < -0.39 is 0 Å². The summed E-state index contributed by atoms with van der Waals surface area (Å²) in [6, 6.07) is 0.